The third kappa shape index (κ3) is 11.1. The van der Waals surface area contributed by atoms with E-state index < -0.39 is 60.2 Å². The molecule has 0 saturated heterocycles. The molecule has 4 atom stereocenters. The van der Waals surface area contributed by atoms with Gasteiger partial charge in [0.25, 0.3) is 0 Å². The van der Waals surface area contributed by atoms with E-state index in [1.54, 1.807) is 0 Å². The zero-order valence-corrected chi connectivity index (χ0v) is 20.1. The number of amides is 3. The van der Waals surface area contributed by atoms with Crippen molar-refractivity contribution in [1.29, 1.82) is 0 Å². The van der Waals surface area contributed by atoms with Crippen LogP contribution in [0.15, 0.2) is 24.3 Å². The molecule has 200 valence electrons. The number of hydrogen-bond donors (Lipinski definition) is 8. The fourth-order valence-corrected chi connectivity index (χ4v) is 3.18. The summed E-state index contributed by atoms with van der Waals surface area (Å²) in [6.45, 7) is 1.69. The molecule has 1 aromatic rings. The standard InChI is InChI=1S/C23H35N5O8/c1-13(23(35)36)26-22(34)18(12-14-5-7-15(29)8-6-14)28-21(33)17(9-10-19(30)31)27-20(32)16(25)4-2-3-11-24/h5-8,13,16-18,29H,2-4,9-12,24-25H2,1H3,(H,26,34)(H,27,32)(H,28,33)(H,30,31)(H,35,36). The van der Waals surface area contributed by atoms with Crippen molar-refractivity contribution >= 4 is 29.7 Å². The van der Waals surface area contributed by atoms with Gasteiger partial charge in [0.05, 0.1) is 6.04 Å². The fourth-order valence-electron chi connectivity index (χ4n) is 3.18. The first-order valence-corrected chi connectivity index (χ1v) is 11.5. The average Bonchev–Trinajstić information content (AvgIpc) is 2.82. The molecule has 36 heavy (non-hydrogen) atoms. The number of phenols is 1. The molecule has 3 amide bonds. The molecule has 0 heterocycles. The van der Waals surface area contributed by atoms with Gasteiger partial charge in [0.2, 0.25) is 17.7 Å². The smallest absolute Gasteiger partial charge is 0.325 e. The predicted octanol–water partition coefficient (Wildman–Crippen LogP) is -1.19. The molecule has 0 bridgehead atoms. The van der Waals surface area contributed by atoms with Crippen LogP contribution < -0.4 is 27.4 Å². The van der Waals surface area contributed by atoms with E-state index >= 15 is 0 Å². The number of carbonyl (C=O) groups is 5. The van der Waals surface area contributed by atoms with Gasteiger partial charge in [-0.15, -0.1) is 0 Å². The molecule has 0 fully saturated rings. The fraction of sp³-hybridized carbons (Fsp3) is 0.522. The number of rotatable bonds is 16. The predicted molar refractivity (Wildman–Crippen MR) is 129 cm³/mol. The van der Waals surface area contributed by atoms with E-state index in [9.17, 15) is 29.1 Å². The second-order valence-corrected chi connectivity index (χ2v) is 8.38. The van der Waals surface area contributed by atoms with Gasteiger partial charge >= 0.3 is 11.9 Å². The lowest BCUT2D eigenvalue weighted by atomic mass is 10.0. The Morgan fingerprint density at radius 1 is 0.861 bits per heavy atom. The van der Waals surface area contributed by atoms with E-state index in [1.807, 2.05) is 0 Å². The van der Waals surface area contributed by atoms with Gasteiger partial charge in [0, 0.05) is 12.8 Å². The number of nitrogens with one attached hydrogen (secondary N) is 3. The number of carbonyl (C=O) groups excluding carboxylic acids is 3. The second kappa shape index (κ2) is 15.3. The molecule has 4 unspecified atom stereocenters. The van der Waals surface area contributed by atoms with Gasteiger partial charge in [0.15, 0.2) is 0 Å². The highest BCUT2D eigenvalue weighted by Crippen LogP contribution is 2.12. The Bertz CT molecular complexity index is 908. The number of nitrogens with two attached hydrogens (primary N) is 2. The lowest BCUT2D eigenvalue weighted by Crippen LogP contribution is -2.57. The number of aromatic hydroxyl groups is 1. The summed E-state index contributed by atoms with van der Waals surface area (Å²) in [6.07, 6.45) is 0.797. The molecule has 13 nitrogen and oxygen atoms in total. The number of aliphatic carboxylic acids is 2. The third-order valence-electron chi connectivity index (χ3n) is 5.32. The molecule has 0 aromatic heterocycles. The summed E-state index contributed by atoms with van der Waals surface area (Å²) in [6, 6.07) is 1.06. The maximum atomic E-state index is 13.0. The Labute approximate surface area is 208 Å². The number of benzene rings is 1. The summed E-state index contributed by atoms with van der Waals surface area (Å²) >= 11 is 0. The number of carboxylic acid groups (broad SMARTS) is 2. The quantitative estimate of drug-likeness (QED) is 0.124. The molecule has 1 rings (SSSR count). The van der Waals surface area contributed by atoms with Gasteiger partial charge in [-0.05, 0) is 50.4 Å². The molecule has 0 spiro atoms. The van der Waals surface area contributed by atoms with Crippen LogP contribution in [-0.2, 0) is 30.4 Å². The van der Waals surface area contributed by atoms with E-state index in [0.717, 1.165) is 0 Å². The van der Waals surface area contributed by atoms with Crippen molar-refractivity contribution in [1.82, 2.24) is 16.0 Å². The minimum absolute atomic E-state index is 0.0115. The van der Waals surface area contributed by atoms with Crippen LogP contribution in [0.4, 0.5) is 0 Å². The lowest BCUT2D eigenvalue weighted by Gasteiger charge is -2.24. The van der Waals surface area contributed by atoms with Crippen LogP contribution >= 0.6 is 0 Å². The summed E-state index contributed by atoms with van der Waals surface area (Å²) < 4.78 is 0. The first kappa shape index (κ1) is 30.3. The Morgan fingerprint density at radius 2 is 1.44 bits per heavy atom. The third-order valence-corrected chi connectivity index (χ3v) is 5.32. The van der Waals surface area contributed by atoms with E-state index in [2.05, 4.69) is 16.0 Å². The highest BCUT2D eigenvalue weighted by molar-refractivity contribution is 5.94. The Morgan fingerprint density at radius 3 is 2.00 bits per heavy atom. The summed E-state index contributed by atoms with van der Waals surface area (Å²) in [4.78, 5) is 60.6. The second-order valence-electron chi connectivity index (χ2n) is 8.38. The molecule has 0 aliphatic heterocycles. The zero-order chi connectivity index (χ0) is 27.3. The van der Waals surface area contributed by atoms with Gasteiger partial charge in [-0.3, -0.25) is 24.0 Å². The first-order valence-electron chi connectivity index (χ1n) is 11.5. The number of hydrogen-bond acceptors (Lipinski definition) is 8. The minimum atomic E-state index is -1.30. The van der Waals surface area contributed by atoms with Crippen molar-refractivity contribution in [2.24, 2.45) is 11.5 Å². The van der Waals surface area contributed by atoms with Gasteiger partial charge < -0.3 is 42.7 Å². The van der Waals surface area contributed by atoms with Gasteiger partial charge in [-0.1, -0.05) is 18.6 Å². The van der Waals surface area contributed by atoms with Crippen molar-refractivity contribution < 1.29 is 39.3 Å². The number of phenolic OH excluding ortho intramolecular Hbond substituents is 1. The molecule has 0 aliphatic carbocycles. The summed E-state index contributed by atoms with van der Waals surface area (Å²) in [7, 11) is 0. The van der Waals surface area contributed by atoms with E-state index in [4.69, 9.17) is 21.7 Å². The molecule has 1 aromatic carbocycles. The van der Waals surface area contributed by atoms with Crippen molar-refractivity contribution in [3.8, 4) is 5.75 Å². The Hall–Kier alpha value is -3.71. The monoisotopic (exact) mass is 509 g/mol. The van der Waals surface area contributed by atoms with Crippen LogP contribution in [-0.4, -0.2) is 75.7 Å². The maximum Gasteiger partial charge on any atom is 0.325 e. The van der Waals surface area contributed by atoms with Crippen LogP contribution in [0.3, 0.4) is 0 Å². The first-order chi connectivity index (χ1) is 16.9. The average molecular weight is 510 g/mol. The van der Waals surface area contributed by atoms with Crippen molar-refractivity contribution in [2.45, 2.75) is 69.6 Å². The Balaban J connectivity index is 3.05. The van der Waals surface area contributed by atoms with Crippen LogP contribution in [0.25, 0.3) is 0 Å². The van der Waals surface area contributed by atoms with E-state index in [0.29, 0.717) is 31.4 Å². The van der Waals surface area contributed by atoms with Crippen LogP contribution in [0.5, 0.6) is 5.75 Å². The SMILES string of the molecule is CC(NC(=O)C(Cc1ccc(O)cc1)NC(=O)C(CCC(=O)O)NC(=O)C(N)CCCCN)C(=O)O. The highest BCUT2D eigenvalue weighted by Gasteiger charge is 2.30. The highest BCUT2D eigenvalue weighted by atomic mass is 16.4. The molecule has 13 heteroatoms. The molecular weight excluding hydrogens is 474 g/mol. The van der Waals surface area contributed by atoms with Gasteiger partial charge in [0.1, 0.15) is 23.9 Å². The number of carboxylic acids is 2. The molecule has 0 aliphatic rings. The van der Waals surface area contributed by atoms with Gasteiger partial charge in [-0.25, -0.2) is 0 Å². The minimum Gasteiger partial charge on any atom is -0.508 e. The molecule has 0 radical (unpaired) electrons. The van der Waals surface area contributed by atoms with Crippen molar-refractivity contribution in [3.63, 3.8) is 0 Å². The van der Waals surface area contributed by atoms with E-state index in [-0.39, 0.29) is 18.6 Å². The van der Waals surface area contributed by atoms with E-state index in [1.165, 1.54) is 31.2 Å². The summed E-state index contributed by atoms with van der Waals surface area (Å²) in [5, 5.41) is 34.8. The molecular formula is C23H35N5O8. The number of unbranched alkanes of at least 4 members (excludes halogenated alkanes) is 1. The van der Waals surface area contributed by atoms with Crippen molar-refractivity contribution in [3.05, 3.63) is 29.8 Å². The summed E-state index contributed by atoms with van der Waals surface area (Å²) in [5.41, 5.74) is 11.8. The normalized spacial score (nSPS) is 14.1. The van der Waals surface area contributed by atoms with Crippen molar-refractivity contribution in [2.75, 3.05) is 6.54 Å². The van der Waals surface area contributed by atoms with Crippen LogP contribution in [0, 0.1) is 0 Å². The van der Waals surface area contributed by atoms with Crippen LogP contribution in [0.1, 0.15) is 44.6 Å². The van der Waals surface area contributed by atoms with Gasteiger partial charge in [-0.2, -0.15) is 0 Å². The topological polar surface area (TPSA) is 234 Å². The largest absolute Gasteiger partial charge is 0.508 e. The summed E-state index contributed by atoms with van der Waals surface area (Å²) in [5.74, 6) is -4.77. The van der Waals surface area contributed by atoms with Crippen LogP contribution in [0.2, 0.25) is 0 Å². The zero-order valence-electron chi connectivity index (χ0n) is 20.1. The molecule has 0 saturated carbocycles. The molecule has 10 N–H and O–H groups in total. The Kier molecular flexibility index (Phi) is 12.9. The maximum absolute atomic E-state index is 13.0. The lowest BCUT2D eigenvalue weighted by molar-refractivity contribution is -0.141.